The van der Waals surface area contributed by atoms with Crippen LogP contribution in [0.1, 0.15) is 26.3 Å². The maximum atomic E-state index is 13.7. The zero-order valence-corrected chi connectivity index (χ0v) is 18.9. The number of hydrogen-bond acceptors (Lipinski definition) is 5. The van der Waals surface area contributed by atoms with Crippen LogP contribution in [0.25, 0.3) is 6.08 Å². The topological polar surface area (TPSA) is 66.9 Å². The Bertz CT molecular complexity index is 1200. The van der Waals surface area contributed by atoms with Crippen molar-refractivity contribution in [2.75, 3.05) is 16.9 Å². The van der Waals surface area contributed by atoms with Gasteiger partial charge in [0.25, 0.3) is 0 Å². The number of methoxy groups -OCH3 is 1. The third kappa shape index (κ3) is 3.09. The quantitative estimate of drug-likeness (QED) is 0.668. The molecular weight excluding hydrogens is 423 g/mol. The van der Waals surface area contributed by atoms with Crippen molar-refractivity contribution in [3.63, 3.8) is 0 Å². The van der Waals surface area contributed by atoms with Crippen LogP contribution < -0.4 is 14.5 Å². The number of imide groups is 1. The summed E-state index contributed by atoms with van der Waals surface area (Å²) in [5.41, 5.74) is 1.27. The second-order valence-electron chi connectivity index (χ2n) is 9.78. The van der Waals surface area contributed by atoms with Crippen LogP contribution in [0, 0.1) is 23.1 Å². The number of carbonyl (C=O) groups is 3. The fourth-order valence-corrected chi connectivity index (χ4v) is 5.27. The molecule has 170 valence electrons. The number of ketones is 1. The Morgan fingerprint density at radius 3 is 2.30 bits per heavy atom. The molecule has 3 heterocycles. The molecule has 33 heavy (non-hydrogen) atoms. The molecule has 5 rings (SSSR count). The second-order valence-corrected chi connectivity index (χ2v) is 9.78. The minimum atomic E-state index is -0.822. The van der Waals surface area contributed by atoms with Gasteiger partial charge in [0, 0.05) is 16.7 Å². The van der Waals surface area contributed by atoms with Gasteiger partial charge < -0.3 is 9.64 Å². The van der Waals surface area contributed by atoms with Gasteiger partial charge in [-0.25, -0.2) is 9.29 Å². The maximum Gasteiger partial charge on any atom is 0.240 e. The van der Waals surface area contributed by atoms with Gasteiger partial charge in [-0.05, 0) is 42.5 Å². The summed E-state index contributed by atoms with van der Waals surface area (Å²) in [4.78, 5) is 44.0. The van der Waals surface area contributed by atoms with Crippen molar-refractivity contribution in [1.82, 2.24) is 0 Å². The van der Waals surface area contributed by atoms with E-state index >= 15 is 0 Å². The number of nitrogens with zero attached hydrogens (tertiary/aromatic N) is 2. The van der Waals surface area contributed by atoms with Crippen LogP contribution in [-0.4, -0.2) is 36.8 Å². The molecule has 0 bridgehead atoms. The summed E-state index contributed by atoms with van der Waals surface area (Å²) in [6, 6.07) is 9.62. The number of fused-ring (bicyclic) bond motifs is 5. The predicted molar refractivity (Wildman–Crippen MR) is 122 cm³/mol. The van der Waals surface area contributed by atoms with Gasteiger partial charge in [-0.15, -0.1) is 0 Å². The molecule has 0 spiro atoms. The Kier molecular flexibility index (Phi) is 4.71. The van der Waals surface area contributed by atoms with Crippen molar-refractivity contribution in [2.45, 2.75) is 32.9 Å². The highest BCUT2D eigenvalue weighted by atomic mass is 19.1. The number of hydrogen-bond donors (Lipinski definition) is 0. The van der Waals surface area contributed by atoms with Gasteiger partial charge in [-0.2, -0.15) is 0 Å². The molecule has 3 aliphatic heterocycles. The lowest BCUT2D eigenvalue weighted by Crippen LogP contribution is -2.51. The first-order valence-corrected chi connectivity index (χ1v) is 11.0. The van der Waals surface area contributed by atoms with E-state index in [1.807, 2.05) is 56.0 Å². The number of rotatable bonds is 3. The van der Waals surface area contributed by atoms with E-state index in [1.165, 1.54) is 24.3 Å². The molecule has 6 nitrogen and oxygen atoms in total. The molecule has 4 atom stereocenters. The molecule has 2 aromatic rings. The minimum Gasteiger partial charge on any atom is -0.497 e. The SMILES string of the molecule is COc1ccc2c(c1)C=C[C@@H]1[C@H]3C(=O)N(c4ccc(F)cc4)C(=O)[C@H]3[C@H](C(=O)C(C)(C)C)N21. The van der Waals surface area contributed by atoms with Crippen LogP contribution in [0.4, 0.5) is 15.8 Å². The summed E-state index contributed by atoms with van der Waals surface area (Å²) in [5, 5.41) is 0. The molecule has 0 saturated carbocycles. The first-order valence-electron chi connectivity index (χ1n) is 11.0. The van der Waals surface area contributed by atoms with E-state index in [4.69, 9.17) is 4.74 Å². The Morgan fingerprint density at radius 2 is 1.67 bits per heavy atom. The number of carbonyl (C=O) groups excluding carboxylic acids is 3. The number of amides is 2. The van der Waals surface area contributed by atoms with Crippen molar-refractivity contribution < 1.29 is 23.5 Å². The van der Waals surface area contributed by atoms with Crippen LogP contribution in [0.5, 0.6) is 5.75 Å². The molecule has 0 unspecified atom stereocenters. The number of halogens is 1. The summed E-state index contributed by atoms with van der Waals surface area (Å²) < 4.78 is 18.8. The minimum absolute atomic E-state index is 0.0980. The zero-order valence-electron chi connectivity index (χ0n) is 18.9. The second kappa shape index (κ2) is 7.27. The van der Waals surface area contributed by atoms with Gasteiger partial charge in [0.15, 0.2) is 5.78 Å². The number of Topliss-reactive ketones (excluding diaryl/α,β-unsaturated/α-hetero) is 1. The van der Waals surface area contributed by atoms with Crippen molar-refractivity contribution in [3.8, 4) is 5.75 Å². The van der Waals surface area contributed by atoms with Crippen molar-refractivity contribution in [2.24, 2.45) is 17.3 Å². The van der Waals surface area contributed by atoms with Gasteiger partial charge >= 0.3 is 0 Å². The normalized spacial score (nSPS) is 25.7. The summed E-state index contributed by atoms with van der Waals surface area (Å²) >= 11 is 0. The Hall–Kier alpha value is -3.48. The highest BCUT2D eigenvalue weighted by Gasteiger charge is 2.65. The number of benzene rings is 2. The van der Waals surface area contributed by atoms with Gasteiger partial charge in [0.1, 0.15) is 17.6 Å². The van der Waals surface area contributed by atoms with E-state index in [2.05, 4.69) is 0 Å². The molecule has 7 heteroatoms. The molecule has 3 aliphatic rings. The van der Waals surface area contributed by atoms with Crippen LogP contribution in [0.3, 0.4) is 0 Å². The molecular formula is C26H25FN2O4. The smallest absolute Gasteiger partial charge is 0.240 e. The largest absolute Gasteiger partial charge is 0.497 e. The van der Waals surface area contributed by atoms with E-state index in [-0.39, 0.29) is 11.7 Å². The lowest BCUT2D eigenvalue weighted by molar-refractivity contribution is -0.132. The zero-order chi connectivity index (χ0) is 23.7. The molecule has 2 amide bonds. The van der Waals surface area contributed by atoms with Gasteiger partial charge in [-0.1, -0.05) is 32.9 Å². The van der Waals surface area contributed by atoms with Crippen molar-refractivity contribution in [1.29, 1.82) is 0 Å². The highest BCUT2D eigenvalue weighted by Crippen LogP contribution is 2.50. The highest BCUT2D eigenvalue weighted by molar-refractivity contribution is 6.25. The molecule has 2 saturated heterocycles. The predicted octanol–water partition coefficient (Wildman–Crippen LogP) is 3.84. The molecule has 0 aromatic heterocycles. The first kappa shape index (κ1) is 21.4. The van der Waals surface area contributed by atoms with Crippen LogP contribution >= 0.6 is 0 Å². The average Bonchev–Trinajstić information content (AvgIpc) is 3.26. The number of ether oxygens (including phenoxy) is 1. The Balaban J connectivity index is 1.64. The lowest BCUT2D eigenvalue weighted by Gasteiger charge is -2.38. The Labute approximate surface area is 191 Å². The van der Waals surface area contributed by atoms with E-state index < -0.39 is 41.1 Å². The Morgan fingerprint density at radius 1 is 1.00 bits per heavy atom. The van der Waals surface area contributed by atoms with Gasteiger partial charge in [-0.3, -0.25) is 14.4 Å². The molecule has 0 aliphatic carbocycles. The molecule has 2 fully saturated rings. The average molecular weight is 448 g/mol. The van der Waals surface area contributed by atoms with E-state index in [1.54, 1.807) is 7.11 Å². The van der Waals surface area contributed by atoms with Gasteiger partial charge in [0.2, 0.25) is 11.8 Å². The fraction of sp³-hybridized carbons (Fsp3) is 0.346. The fourth-order valence-electron chi connectivity index (χ4n) is 5.27. The monoisotopic (exact) mass is 448 g/mol. The standard InChI is InChI=1S/C26H25FN2O4/c1-26(2,3)23(30)22-21-20(24(31)28(25(21)32)16-8-6-15(27)7-9-16)19-11-5-14-13-17(33-4)10-12-18(14)29(19)22/h5-13,19-22H,1-4H3/t19-,20-,21-,22-/m1/s1. The van der Waals surface area contributed by atoms with Gasteiger partial charge in [0.05, 0.1) is 30.7 Å². The molecule has 0 N–H and O–H groups in total. The van der Waals surface area contributed by atoms with E-state index in [0.29, 0.717) is 11.4 Å². The first-order chi connectivity index (χ1) is 15.6. The maximum absolute atomic E-state index is 13.7. The molecule has 2 aromatic carbocycles. The van der Waals surface area contributed by atoms with Crippen molar-refractivity contribution >= 4 is 35.0 Å². The van der Waals surface area contributed by atoms with Crippen LogP contribution in [-0.2, 0) is 14.4 Å². The summed E-state index contributed by atoms with van der Waals surface area (Å²) in [6.07, 6.45) is 3.81. The van der Waals surface area contributed by atoms with Crippen LogP contribution in [0.15, 0.2) is 48.5 Å². The van der Waals surface area contributed by atoms with Crippen molar-refractivity contribution in [3.05, 3.63) is 59.9 Å². The summed E-state index contributed by atoms with van der Waals surface area (Å²) in [6.45, 7) is 5.47. The van der Waals surface area contributed by atoms with E-state index in [9.17, 15) is 18.8 Å². The third-order valence-electron chi connectivity index (χ3n) is 6.81. The molecule has 0 radical (unpaired) electrons. The number of anilines is 2. The third-order valence-corrected chi connectivity index (χ3v) is 6.81. The summed E-state index contributed by atoms with van der Waals surface area (Å²) in [5.74, 6) is -2.17. The van der Waals surface area contributed by atoms with Crippen LogP contribution in [0.2, 0.25) is 0 Å². The summed E-state index contributed by atoms with van der Waals surface area (Å²) in [7, 11) is 1.59. The van der Waals surface area contributed by atoms with E-state index in [0.717, 1.165) is 16.2 Å². The lowest BCUT2D eigenvalue weighted by atomic mass is 9.79.